The van der Waals surface area contributed by atoms with Crippen LogP contribution in [0.4, 0.5) is 0 Å². The van der Waals surface area contributed by atoms with Crippen molar-refractivity contribution in [2.75, 3.05) is 26.8 Å². The SMILES string of the molecule is COc1ccccc1C(CC(C)C)NC(=O)C1CNCCO1.Cl. The second kappa shape index (κ2) is 9.75. The lowest BCUT2D eigenvalue weighted by Crippen LogP contribution is -2.48. The Morgan fingerprint density at radius 1 is 1.43 bits per heavy atom. The van der Waals surface area contributed by atoms with E-state index in [1.54, 1.807) is 7.11 Å². The van der Waals surface area contributed by atoms with Gasteiger partial charge in [-0.05, 0) is 18.4 Å². The number of rotatable bonds is 6. The van der Waals surface area contributed by atoms with Crippen LogP contribution in [0.1, 0.15) is 31.9 Å². The fraction of sp³-hybridized carbons (Fsp3) is 0.588. The molecule has 0 radical (unpaired) electrons. The molecule has 2 atom stereocenters. The smallest absolute Gasteiger partial charge is 0.250 e. The summed E-state index contributed by atoms with van der Waals surface area (Å²) in [6, 6.07) is 7.76. The lowest BCUT2D eigenvalue weighted by Gasteiger charge is -2.27. The number of carbonyl (C=O) groups excluding carboxylic acids is 1. The average molecular weight is 343 g/mol. The predicted molar refractivity (Wildman–Crippen MR) is 93.2 cm³/mol. The molecule has 2 rings (SSSR count). The molecule has 0 spiro atoms. The van der Waals surface area contributed by atoms with Crippen LogP contribution >= 0.6 is 12.4 Å². The predicted octanol–water partition coefficient (Wildman–Crippen LogP) is 2.31. The van der Waals surface area contributed by atoms with Gasteiger partial charge in [0.1, 0.15) is 11.9 Å². The van der Waals surface area contributed by atoms with Crippen molar-refractivity contribution in [3.63, 3.8) is 0 Å². The maximum absolute atomic E-state index is 12.4. The van der Waals surface area contributed by atoms with Gasteiger partial charge in [0.25, 0.3) is 5.91 Å². The van der Waals surface area contributed by atoms with E-state index < -0.39 is 6.10 Å². The number of ether oxygens (including phenoxy) is 2. The van der Waals surface area contributed by atoms with Crippen LogP contribution in [0.25, 0.3) is 0 Å². The van der Waals surface area contributed by atoms with Gasteiger partial charge in [0.2, 0.25) is 0 Å². The minimum absolute atomic E-state index is 0. The van der Waals surface area contributed by atoms with E-state index in [0.717, 1.165) is 24.3 Å². The summed E-state index contributed by atoms with van der Waals surface area (Å²) in [5.41, 5.74) is 1.01. The Morgan fingerprint density at radius 3 is 2.78 bits per heavy atom. The van der Waals surface area contributed by atoms with Gasteiger partial charge < -0.3 is 20.1 Å². The Morgan fingerprint density at radius 2 is 2.17 bits per heavy atom. The second-order valence-corrected chi connectivity index (χ2v) is 6.00. The van der Waals surface area contributed by atoms with Crippen molar-refractivity contribution >= 4 is 18.3 Å². The first-order valence-electron chi connectivity index (χ1n) is 7.87. The Kier molecular flexibility index (Phi) is 8.37. The molecule has 0 saturated carbocycles. The van der Waals surface area contributed by atoms with Crippen LogP contribution in [-0.2, 0) is 9.53 Å². The molecule has 6 heteroatoms. The first kappa shape index (κ1) is 19.7. The molecule has 1 heterocycles. The van der Waals surface area contributed by atoms with Gasteiger partial charge in [0.05, 0.1) is 19.8 Å². The summed E-state index contributed by atoms with van der Waals surface area (Å²) in [6.45, 7) is 6.22. The topological polar surface area (TPSA) is 59.6 Å². The van der Waals surface area contributed by atoms with Crippen molar-refractivity contribution in [3.8, 4) is 5.75 Å². The molecular weight excluding hydrogens is 316 g/mol. The zero-order valence-electron chi connectivity index (χ0n) is 14.0. The van der Waals surface area contributed by atoms with Crippen molar-refractivity contribution in [2.45, 2.75) is 32.4 Å². The van der Waals surface area contributed by atoms with Gasteiger partial charge in [-0.15, -0.1) is 12.4 Å². The van der Waals surface area contributed by atoms with Gasteiger partial charge in [-0.3, -0.25) is 4.79 Å². The number of benzene rings is 1. The van der Waals surface area contributed by atoms with Gasteiger partial charge in [-0.2, -0.15) is 0 Å². The molecule has 0 aliphatic carbocycles. The number of para-hydroxylation sites is 1. The Hall–Kier alpha value is -1.30. The maximum atomic E-state index is 12.4. The molecule has 2 unspecified atom stereocenters. The number of methoxy groups -OCH3 is 1. The Balaban J connectivity index is 0.00000264. The Labute approximate surface area is 144 Å². The molecular formula is C17H27ClN2O3. The number of carbonyl (C=O) groups is 1. The van der Waals surface area contributed by atoms with E-state index >= 15 is 0 Å². The third-order valence-corrected chi connectivity index (χ3v) is 3.76. The van der Waals surface area contributed by atoms with Crippen LogP contribution in [0.5, 0.6) is 5.75 Å². The van der Waals surface area contributed by atoms with Gasteiger partial charge >= 0.3 is 0 Å². The van der Waals surface area contributed by atoms with Gasteiger partial charge in [0, 0.05) is 18.7 Å². The maximum Gasteiger partial charge on any atom is 0.250 e. The monoisotopic (exact) mass is 342 g/mol. The molecule has 1 aromatic carbocycles. The lowest BCUT2D eigenvalue weighted by atomic mass is 9.96. The van der Waals surface area contributed by atoms with E-state index in [1.807, 2.05) is 24.3 Å². The summed E-state index contributed by atoms with van der Waals surface area (Å²) in [7, 11) is 1.65. The van der Waals surface area contributed by atoms with Gasteiger partial charge in [0.15, 0.2) is 0 Å². The highest BCUT2D eigenvalue weighted by atomic mass is 35.5. The molecule has 1 aromatic rings. The number of amides is 1. The van der Waals surface area contributed by atoms with E-state index in [1.165, 1.54) is 0 Å². The fourth-order valence-electron chi connectivity index (χ4n) is 2.69. The Bertz CT molecular complexity index is 490. The number of hydrogen-bond donors (Lipinski definition) is 2. The third kappa shape index (κ3) is 5.68. The van der Waals surface area contributed by atoms with Crippen LogP contribution in [0, 0.1) is 5.92 Å². The quantitative estimate of drug-likeness (QED) is 0.833. The van der Waals surface area contributed by atoms with Crippen molar-refractivity contribution in [3.05, 3.63) is 29.8 Å². The van der Waals surface area contributed by atoms with Crippen LogP contribution in [-0.4, -0.2) is 38.8 Å². The number of nitrogens with one attached hydrogen (secondary N) is 2. The first-order chi connectivity index (χ1) is 10.6. The fourth-order valence-corrected chi connectivity index (χ4v) is 2.69. The van der Waals surface area contributed by atoms with Crippen LogP contribution in [0.3, 0.4) is 0 Å². The standard InChI is InChI=1S/C17H26N2O3.ClH/c1-12(2)10-14(13-6-4-5-7-15(13)21-3)19-17(20)16-11-18-8-9-22-16;/h4-7,12,14,16,18H,8-11H2,1-3H3,(H,19,20);1H. The summed E-state index contributed by atoms with van der Waals surface area (Å²) in [5, 5.41) is 6.31. The van der Waals surface area contributed by atoms with Crippen LogP contribution in [0.15, 0.2) is 24.3 Å². The molecule has 1 aliphatic heterocycles. The summed E-state index contributed by atoms with van der Waals surface area (Å²) < 4.78 is 11.0. The van der Waals surface area contributed by atoms with Crippen molar-refractivity contribution < 1.29 is 14.3 Å². The number of hydrogen-bond acceptors (Lipinski definition) is 4. The molecule has 0 bridgehead atoms. The molecule has 5 nitrogen and oxygen atoms in total. The lowest BCUT2D eigenvalue weighted by molar-refractivity contribution is -0.135. The van der Waals surface area contributed by atoms with E-state index in [0.29, 0.717) is 19.1 Å². The molecule has 2 N–H and O–H groups in total. The van der Waals surface area contributed by atoms with Crippen molar-refractivity contribution in [1.82, 2.24) is 10.6 Å². The van der Waals surface area contributed by atoms with Crippen molar-refractivity contribution in [1.29, 1.82) is 0 Å². The third-order valence-electron chi connectivity index (χ3n) is 3.76. The highest BCUT2D eigenvalue weighted by molar-refractivity contribution is 5.85. The number of halogens is 1. The largest absolute Gasteiger partial charge is 0.496 e. The summed E-state index contributed by atoms with van der Waals surface area (Å²) >= 11 is 0. The highest BCUT2D eigenvalue weighted by Crippen LogP contribution is 2.29. The minimum atomic E-state index is -0.418. The molecule has 0 aromatic heterocycles. The average Bonchev–Trinajstić information content (AvgIpc) is 2.54. The van der Waals surface area contributed by atoms with E-state index in [-0.39, 0.29) is 24.4 Å². The van der Waals surface area contributed by atoms with Gasteiger partial charge in [-0.25, -0.2) is 0 Å². The van der Waals surface area contributed by atoms with Gasteiger partial charge in [-0.1, -0.05) is 32.0 Å². The van der Waals surface area contributed by atoms with E-state index in [9.17, 15) is 4.79 Å². The molecule has 1 saturated heterocycles. The van der Waals surface area contributed by atoms with Crippen LogP contribution < -0.4 is 15.4 Å². The zero-order chi connectivity index (χ0) is 15.9. The van der Waals surface area contributed by atoms with Crippen molar-refractivity contribution in [2.24, 2.45) is 5.92 Å². The second-order valence-electron chi connectivity index (χ2n) is 6.00. The highest BCUT2D eigenvalue weighted by Gasteiger charge is 2.26. The summed E-state index contributed by atoms with van der Waals surface area (Å²) in [4.78, 5) is 12.4. The van der Waals surface area contributed by atoms with E-state index in [4.69, 9.17) is 9.47 Å². The molecule has 1 aliphatic rings. The normalized spacial score (nSPS) is 18.9. The molecule has 1 fully saturated rings. The number of morpholine rings is 1. The molecule has 130 valence electrons. The summed E-state index contributed by atoms with van der Waals surface area (Å²) in [6.07, 6.45) is 0.435. The zero-order valence-corrected chi connectivity index (χ0v) is 14.8. The molecule has 1 amide bonds. The summed E-state index contributed by atoms with van der Waals surface area (Å²) in [5.74, 6) is 1.19. The first-order valence-corrected chi connectivity index (χ1v) is 7.87. The van der Waals surface area contributed by atoms with Crippen LogP contribution in [0.2, 0.25) is 0 Å². The minimum Gasteiger partial charge on any atom is -0.496 e. The molecule has 23 heavy (non-hydrogen) atoms. The van der Waals surface area contributed by atoms with E-state index in [2.05, 4.69) is 24.5 Å².